The third-order valence-corrected chi connectivity index (χ3v) is 2.68. The first kappa shape index (κ1) is 8.87. The molecule has 1 aliphatic rings. The van der Waals surface area contributed by atoms with Crippen LogP contribution in [0.1, 0.15) is 18.4 Å². The molecule has 1 aliphatic carbocycles. The maximum Gasteiger partial charge on any atom is 0.200 e. The summed E-state index contributed by atoms with van der Waals surface area (Å²) in [5.41, 5.74) is -0.252. The van der Waals surface area contributed by atoms with Crippen molar-refractivity contribution in [1.82, 2.24) is 0 Å². The summed E-state index contributed by atoms with van der Waals surface area (Å²) >= 11 is 0. The van der Waals surface area contributed by atoms with E-state index in [1.165, 1.54) is 12.1 Å². The highest BCUT2D eigenvalue weighted by Crippen LogP contribution is 2.52. The van der Waals surface area contributed by atoms with Gasteiger partial charge in [-0.2, -0.15) is 0 Å². The van der Waals surface area contributed by atoms with Gasteiger partial charge in [0.15, 0.2) is 11.5 Å². The van der Waals surface area contributed by atoms with E-state index in [2.05, 4.69) is 0 Å². The highest BCUT2D eigenvalue weighted by atomic mass is 16.3. The van der Waals surface area contributed by atoms with E-state index in [-0.39, 0.29) is 5.75 Å². The number of benzene rings is 1. The molecule has 1 saturated carbocycles. The molecule has 1 aromatic rings. The van der Waals surface area contributed by atoms with Gasteiger partial charge in [0.05, 0.1) is 5.41 Å². The Balaban J connectivity index is 2.55. The fourth-order valence-corrected chi connectivity index (χ4v) is 1.56. The zero-order chi connectivity index (χ0) is 10.3. The highest BCUT2D eigenvalue weighted by Gasteiger charge is 2.46. The lowest BCUT2D eigenvalue weighted by molar-refractivity contribution is -0.109. The van der Waals surface area contributed by atoms with Crippen molar-refractivity contribution in [2.45, 2.75) is 18.3 Å². The maximum atomic E-state index is 10.8. The van der Waals surface area contributed by atoms with Crippen LogP contribution in [0, 0.1) is 0 Å². The molecule has 14 heavy (non-hydrogen) atoms. The van der Waals surface area contributed by atoms with Crippen LogP contribution in [0.4, 0.5) is 0 Å². The van der Waals surface area contributed by atoms with E-state index >= 15 is 0 Å². The van der Waals surface area contributed by atoms with Crippen molar-refractivity contribution >= 4 is 6.29 Å². The summed E-state index contributed by atoms with van der Waals surface area (Å²) in [6.07, 6.45) is 2.13. The molecule has 2 rings (SSSR count). The summed E-state index contributed by atoms with van der Waals surface area (Å²) < 4.78 is 0. The maximum absolute atomic E-state index is 10.8. The zero-order valence-corrected chi connectivity index (χ0v) is 7.40. The molecule has 4 nitrogen and oxygen atoms in total. The molecule has 1 fully saturated rings. The lowest BCUT2D eigenvalue weighted by atomic mass is 9.96. The Hall–Kier alpha value is -1.71. The molecule has 1 aromatic carbocycles. The number of hydrogen-bond acceptors (Lipinski definition) is 4. The van der Waals surface area contributed by atoms with Gasteiger partial charge in [-0.25, -0.2) is 0 Å². The second-order valence-corrected chi connectivity index (χ2v) is 3.60. The summed E-state index contributed by atoms with van der Waals surface area (Å²) in [5.74, 6) is -1.34. The van der Waals surface area contributed by atoms with Crippen LogP contribution in [0.3, 0.4) is 0 Å². The quantitative estimate of drug-likeness (QED) is 0.485. The van der Waals surface area contributed by atoms with Gasteiger partial charge in [0.25, 0.3) is 0 Å². The Bertz CT molecular complexity index is 393. The second-order valence-electron chi connectivity index (χ2n) is 3.60. The molecule has 74 valence electrons. The second kappa shape index (κ2) is 2.64. The molecular formula is C10H10O4. The minimum absolute atomic E-state index is 0.382. The van der Waals surface area contributed by atoms with E-state index in [1.54, 1.807) is 0 Å². The molecule has 3 N–H and O–H groups in total. The van der Waals surface area contributed by atoms with Crippen LogP contribution in [-0.4, -0.2) is 21.6 Å². The van der Waals surface area contributed by atoms with Gasteiger partial charge in [-0.3, -0.25) is 0 Å². The van der Waals surface area contributed by atoms with Gasteiger partial charge in [0.2, 0.25) is 5.75 Å². The summed E-state index contributed by atoms with van der Waals surface area (Å²) in [6.45, 7) is 0. The number of aldehydes is 1. The van der Waals surface area contributed by atoms with Crippen LogP contribution >= 0.6 is 0 Å². The molecule has 0 saturated heterocycles. The van der Waals surface area contributed by atoms with Gasteiger partial charge in [-0.15, -0.1) is 0 Å². The number of phenols is 3. The fraction of sp³-hybridized carbons (Fsp3) is 0.300. The predicted molar refractivity (Wildman–Crippen MR) is 48.4 cm³/mol. The lowest BCUT2D eigenvalue weighted by Gasteiger charge is -2.11. The van der Waals surface area contributed by atoms with Gasteiger partial charge >= 0.3 is 0 Å². The first-order valence-electron chi connectivity index (χ1n) is 4.31. The van der Waals surface area contributed by atoms with Crippen molar-refractivity contribution in [1.29, 1.82) is 0 Å². The smallest absolute Gasteiger partial charge is 0.200 e. The van der Waals surface area contributed by atoms with Crippen molar-refractivity contribution < 1.29 is 20.1 Å². The predicted octanol–water partition coefficient (Wildman–Crippen LogP) is 1.03. The van der Waals surface area contributed by atoms with Crippen LogP contribution in [0.15, 0.2) is 12.1 Å². The summed E-state index contributed by atoms with van der Waals surface area (Å²) in [6, 6.07) is 2.74. The highest BCUT2D eigenvalue weighted by molar-refractivity contribution is 5.76. The van der Waals surface area contributed by atoms with E-state index in [0.717, 1.165) is 6.29 Å². The Morgan fingerprint density at radius 2 is 1.79 bits per heavy atom. The van der Waals surface area contributed by atoms with Crippen molar-refractivity contribution in [3.8, 4) is 17.2 Å². The first-order chi connectivity index (χ1) is 6.60. The third-order valence-electron chi connectivity index (χ3n) is 2.68. The Labute approximate surface area is 80.4 Å². The lowest BCUT2D eigenvalue weighted by Crippen LogP contribution is -2.07. The minimum Gasteiger partial charge on any atom is -0.504 e. The van der Waals surface area contributed by atoms with Crippen molar-refractivity contribution in [3.05, 3.63) is 17.7 Å². The summed E-state index contributed by atoms with van der Waals surface area (Å²) in [4.78, 5) is 10.8. The van der Waals surface area contributed by atoms with Crippen molar-refractivity contribution in [2.24, 2.45) is 0 Å². The van der Waals surface area contributed by atoms with E-state index < -0.39 is 16.9 Å². The van der Waals surface area contributed by atoms with Crippen LogP contribution < -0.4 is 0 Å². The molecule has 0 aliphatic heterocycles. The molecular weight excluding hydrogens is 184 g/mol. The van der Waals surface area contributed by atoms with Crippen LogP contribution in [0.25, 0.3) is 0 Å². The molecule has 0 unspecified atom stereocenters. The summed E-state index contributed by atoms with van der Waals surface area (Å²) in [7, 11) is 0. The Kier molecular flexibility index (Phi) is 1.67. The van der Waals surface area contributed by atoms with Crippen LogP contribution in [0.2, 0.25) is 0 Å². The van der Waals surface area contributed by atoms with Gasteiger partial charge < -0.3 is 20.1 Å². The van der Waals surface area contributed by atoms with Crippen molar-refractivity contribution in [3.63, 3.8) is 0 Å². The molecule has 0 bridgehead atoms. The average Bonchev–Trinajstić information content (AvgIpc) is 2.95. The number of hydrogen-bond donors (Lipinski definition) is 3. The number of aromatic hydroxyl groups is 3. The molecule has 0 spiro atoms. The monoisotopic (exact) mass is 194 g/mol. The fourth-order valence-electron chi connectivity index (χ4n) is 1.56. The van der Waals surface area contributed by atoms with E-state index in [9.17, 15) is 15.0 Å². The Morgan fingerprint density at radius 3 is 2.29 bits per heavy atom. The molecule has 0 aromatic heterocycles. The normalized spacial score (nSPS) is 17.7. The van der Waals surface area contributed by atoms with E-state index in [0.29, 0.717) is 18.4 Å². The molecule has 0 atom stereocenters. The van der Waals surface area contributed by atoms with Gasteiger partial charge in [0.1, 0.15) is 6.29 Å². The average molecular weight is 194 g/mol. The Morgan fingerprint density at radius 1 is 1.14 bits per heavy atom. The van der Waals surface area contributed by atoms with Gasteiger partial charge in [-0.1, -0.05) is 6.07 Å². The van der Waals surface area contributed by atoms with Crippen LogP contribution in [-0.2, 0) is 10.2 Å². The minimum atomic E-state index is -0.644. The summed E-state index contributed by atoms with van der Waals surface area (Å²) in [5, 5.41) is 27.9. The molecule has 4 heteroatoms. The molecule has 0 amide bonds. The third kappa shape index (κ3) is 1.04. The largest absolute Gasteiger partial charge is 0.504 e. The number of rotatable bonds is 2. The molecule has 0 heterocycles. The van der Waals surface area contributed by atoms with Crippen molar-refractivity contribution in [2.75, 3.05) is 0 Å². The first-order valence-corrected chi connectivity index (χ1v) is 4.31. The molecule has 0 radical (unpaired) electrons. The standard InChI is InChI=1S/C10H10O4/c11-5-10(3-4-10)6-1-2-7(12)9(14)8(6)13/h1-2,5,12-14H,3-4H2. The van der Waals surface area contributed by atoms with E-state index in [4.69, 9.17) is 5.11 Å². The SMILES string of the molecule is O=CC1(c2ccc(O)c(O)c2O)CC1. The number of phenolic OH excluding ortho intramolecular Hbond substituents is 3. The van der Waals surface area contributed by atoms with Gasteiger partial charge in [0, 0.05) is 5.56 Å². The topological polar surface area (TPSA) is 77.8 Å². The number of carbonyl (C=O) groups is 1. The van der Waals surface area contributed by atoms with Gasteiger partial charge in [-0.05, 0) is 18.9 Å². The zero-order valence-electron chi connectivity index (χ0n) is 7.40. The van der Waals surface area contributed by atoms with E-state index in [1.807, 2.05) is 0 Å². The number of carbonyl (C=O) groups excluding carboxylic acids is 1. The van der Waals surface area contributed by atoms with Crippen LogP contribution in [0.5, 0.6) is 17.2 Å².